The summed E-state index contributed by atoms with van der Waals surface area (Å²) < 4.78 is 4.88. The van der Waals surface area contributed by atoms with Crippen LogP contribution in [0.15, 0.2) is 121 Å². The molecule has 9 rings (SSSR count). The predicted molar refractivity (Wildman–Crippen MR) is 181 cm³/mol. The van der Waals surface area contributed by atoms with E-state index in [1.807, 2.05) is 23.5 Å². The molecule has 2 aromatic heterocycles. The number of hydrogen-bond acceptors (Lipinski definition) is 2. The van der Waals surface area contributed by atoms with Gasteiger partial charge in [-0.2, -0.15) is 5.26 Å². The van der Waals surface area contributed by atoms with Crippen LogP contribution in [-0.4, -0.2) is 4.57 Å². The van der Waals surface area contributed by atoms with E-state index in [2.05, 4.69) is 134 Å². The fourth-order valence-corrected chi connectivity index (χ4v) is 8.52. The molecule has 2 heterocycles. The minimum absolute atomic E-state index is 0.0175. The number of nitriles is 1. The Hall–Kier alpha value is -5.17. The molecular formula is C40H26N2S. The Morgan fingerprint density at radius 2 is 1.26 bits per heavy atom. The van der Waals surface area contributed by atoms with Gasteiger partial charge in [-0.05, 0) is 70.3 Å². The predicted octanol–water partition coefficient (Wildman–Crippen LogP) is 11.0. The van der Waals surface area contributed by atoms with Crippen molar-refractivity contribution in [3.8, 4) is 34.0 Å². The van der Waals surface area contributed by atoms with Crippen molar-refractivity contribution in [1.29, 1.82) is 5.26 Å². The van der Waals surface area contributed by atoms with Gasteiger partial charge in [0.15, 0.2) is 0 Å². The molecule has 0 bridgehead atoms. The maximum absolute atomic E-state index is 10.4. The quantitative estimate of drug-likeness (QED) is 0.205. The standard InChI is InChI=1S/C40H26N2S/c1-40(2)33-15-6-3-11-27(33)30-21-32-31-20-24(18-19-37(31)43-38(32)22-34(30)40)26-14-9-10-25(23-41)39(26)42-35-16-7-4-12-28(35)29-13-5-8-17-36(29)42/h3-22H,1-2H3. The normalized spacial score (nSPS) is 13.5. The molecule has 6 aromatic carbocycles. The molecule has 0 saturated carbocycles. The number of fused-ring (bicyclic) bond motifs is 9. The van der Waals surface area contributed by atoms with Crippen molar-refractivity contribution in [2.75, 3.05) is 0 Å². The number of aromatic nitrogens is 1. The van der Waals surface area contributed by atoms with E-state index in [4.69, 9.17) is 0 Å². The molecule has 43 heavy (non-hydrogen) atoms. The van der Waals surface area contributed by atoms with Gasteiger partial charge in [-0.3, -0.25) is 0 Å². The molecule has 1 aliphatic rings. The average molecular weight is 567 g/mol. The van der Waals surface area contributed by atoms with Crippen LogP contribution in [-0.2, 0) is 5.41 Å². The van der Waals surface area contributed by atoms with Crippen LogP contribution in [0.4, 0.5) is 0 Å². The Labute approximate surface area is 253 Å². The maximum atomic E-state index is 10.4. The number of para-hydroxylation sites is 3. The molecule has 0 saturated heterocycles. The zero-order chi connectivity index (χ0) is 28.9. The van der Waals surface area contributed by atoms with Crippen LogP contribution in [0.2, 0.25) is 0 Å². The lowest BCUT2D eigenvalue weighted by atomic mass is 9.82. The fourth-order valence-electron chi connectivity index (χ4n) is 7.41. The maximum Gasteiger partial charge on any atom is 0.101 e. The van der Waals surface area contributed by atoms with E-state index < -0.39 is 0 Å². The van der Waals surface area contributed by atoms with Crippen LogP contribution in [0.3, 0.4) is 0 Å². The van der Waals surface area contributed by atoms with Crippen molar-refractivity contribution in [2.24, 2.45) is 0 Å². The fraction of sp³-hybridized carbons (Fsp3) is 0.0750. The first-order valence-corrected chi connectivity index (χ1v) is 15.5. The summed E-state index contributed by atoms with van der Waals surface area (Å²) in [5, 5.41) is 15.3. The third-order valence-corrected chi connectivity index (χ3v) is 10.6. The molecule has 0 fully saturated rings. The van der Waals surface area contributed by atoms with Gasteiger partial charge in [0.1, 0.15) is 6.07 Å². The van der Waals surface area contributed by atoms with Crippen molar-refractivity contribution in [3.05, 3.63) is 138 Å². The van der Waals surface area contributed by atoms with Gasteiger partial charge in [0.2, 0.25) is 0 Å². The van der Waals surface area contributed by atoms with Crippen molar-refractivity contribution in [1.82, 2.24) is 4.57 Å². The molecule has 0 unspecified atom stereocenters. The molecule has 0 spiro atoms. The van der Waals surface area contributed by atoms with Gasteiger partial charge in [0, 0.05) is 41.9 Å². The van der Waals surface area contributed by atoms with Gasteiger partial charge in [0.05, 0.1) is 22.3 Å². The summed E-state index contributed by atoms with van der Waals surface area (Å²) in [6, 6.07) is 46.1. The van der Waals surface area contributed by atoms with Crippen molar-refractivity contribution < 1.29 is 0 Å². The smallest absolute Gasteiger partial charge is 0.101 e. The van der Waals surface area contributed by atoms with E-state index in [-0.39, 0.29) is 5.41 Å². The third-order valence-electron chi connectivity index (χ3n) is 9.44. The highest BCUT2D eigenvalue weighted by Gasteiger charge is 2.35. The van der Waals surface area contributed by atoms with Crippen LogP contribution in [0, 0.1) is 11.3 Å². The highest BCUT2D eigenvalue weighted by atomic mass is 32.1. The van der Waals surface area contributed by atoms with Gasteiger partial charge >= 0.3 is 0 Å². The van der Waals surface area contributed by atoms with Crippen LogP contribution in [0.5, 0.6) is 0 Å². The Morgan fingerprint density at radius 1 is 0.581 bits per heavy atom. The summed E-state index contributed by atoms with van der Waals surface area (Å²) in [6.07, 6.45) is 0. The number of hydrogen-bond donors (Lipinski definition) is 0. The Balaban J connectivity index is 1.32. The number of rotatable bonds is 2. The molecule has 1 aliphatic carbocycles. The molecule has 0 N–H and O–H groups in total. The summed E-state index contributed by atoms with van der Waals surface area (Å²) >= 11 is 1.87. The summed E-state index contributed by atoms with van der Waals surface area (Å²) in [5.41, 5.74) is 11.4. The first-order chi connectivity index (χ1) is 21.0. The molecule has 0 atom stereocenters. The molecule has 202 valence electrons. The van der Waals surface area contributed by atoms with Gasteiger partial charge in [-0.25, -0.2) is 0 Å². The first kappa shape index (κ1) is 24.4. The molecule has 0 aliphatic heterocycles. The lowest BCUT2D eigenvalue weighted by Gasteiger charge is -2.21. The van der Waals surface area contributed by atoms with E-state index in [1.54, 1.807) is 0 Å². The molecular weight excluding hydrogens is 541 g/mol. The zero-order valence-corrected chi connectivity index (χ0v) is 24.7. The Morgan fingerprint density at radius 3 is 2.02 bits per heavy atom. The molecule has 0 radical (unpaired) electrons. The average Bonchev–Trinajstić information content (AvgIpc) is 3.65. The highest BCUT2D eigenvalue weighted by molar-refractivity contribution is 7.25. The highest BCUT2D eigenvalue weighted by Crippen LogP contribution is 2.51. The van der Waals surface area contributed by atoms with Gasteiger partial charge < -0.3 is 4.57 Å². The Bertz CT molecular complexity index is 2450. The molecule has 8 aromatic rings. The van der Waals surface area contributed by atoms with Gasteiger partial charge in [-0.1, -0.05) is 92.7 Å². The minimum Gasteiger partial charge on any atom is -0.307 e. The second-order valence-corrected chi connectivity index (χ2v) is 13.1. The number of thiophene rings is 1. The monoisotopic (exact) mass is 566 g/mol. The van der Waals surface area contributed by atoms with E-state index in [0.29, 0.717) is 5.56 Å². The van der Waals surface area contributed by atoms with E-state index >= 15 is 0 Å². The van der Waals surface area contributed by atoms with Crippen LogP contribution >= 0.6 is 11.3 Å². The third kappa shape index (κ3) is 3.27. The van der Waals surface area contributed by atoms with Crippen molar-refractivity contribution in [2.45, 2.75) is 19.3 Å². The van der Waals surface area contributed by atoms with Crippen LogP contribution < -0.4 is 0 Å². The second kappa shape index (κ2) is 8.67. The molecule has 0 amide bonds. The summed E-state index contributed by atoms with van der Waals surface area (Å²) in [6.45, 7) is 4.68. The van der Waals surface area contributed by atoms with E-state index in [9.17, 15) is 5.26 Å². The van der Waals surface area contributed by atoms with Crippen LogP contribution in [0.1, 0.15) is 30.5 Å². The van der Waals surface area contributed by atoms with E-state index in [0.717, 1.165) is 27.8 Å². The number of nitrogens with zero attached hydrogens (tertiary/aromatic N) is 2. The molecule has 2 nitrogen and oxygen atoms in total. The largest absolute Gasteiger partial charge is 0.307 e. The van der Waals surface area contributed by atoms with Crippen LogP contribution in [0.25, 0.3) is 69.9 Å². The SMILES string of the molecule is CC1(C)c2ccccc2-c2cc3c(cc21)sc1ccc(-c2cccc(C#N)c2-n2c4ccccc4c4ccccc42)cc13. The van der Waals surface area contributed by atoms with E-state index in [1.165, 1.54) is 53.2 Å². The van der Waals surface area contributed by atoms with Crippen molar-refractivity contribution in [3.63, 3.8) is 0 Å². The zero-order valence-electron chi connectivity index (χ0n) is 23.8. The number of benzene rings is 6. The summed E-state index contributed by atoms with van der Waals surface area (Å²) in [5.74, 6) is 0. The van der Waals surface area contributed by atoms with Gasteiger partial charge in [-0.15, -0.1) is 11.3 Å². The first-order valence-electron chi connectivity index (χ1n) is 14.7. The Kier molecular flexibility index (Phi) is 4.93. The minimum atomic E-state index is -0.0175. The molecule has 3 heteroatoms. The topological polar surface area (TPSA) is 28.7 Å². The van der Waals surface area contributed by atoms with Crippen molar-refractivity contribution >= 4 is 53.3 Å². The van der Waals surface area contributed by atoms with Gasteiger partial charge in [0.25, 0.3) is 0 Å². The second-order valence-electron chi connectivity index (χ2n) is 12.1. The lowest BCUT2D eigenvalue weighted by Crippen LogP contribution is -2.14. The lowest BCUT2D eigenvalue weighted by molar-refractivity contribution is 0.661. The summed E-state index contributed by atoms with van der Waals surface area (Å²) in [4.78, 5) is 0. The summed E-state index contributed by atoms with van der Waals surface area (Å²) in [7, 11) is 0.